The standard InChI is InChI=1S/C22H20ClNO6/c1-28-15-9-8-13(10-14(15)23)18-16-17(20(26)30-19(16)25)22(24-18,21(27)29-2)11-12-6-4-3-5-7-12/h3-10,16-18,24H,11H2,1-2H3/t16-,17-,18-,22-/m1/s1. The largest absolute Gasteiger partial charge is 0.495 e. The van der Waals surface area contributed by atoms with Crippen molar-refractivity contribution in [3.05, 3.63) is 64.7 Å². The van der Waals surface area contributed by atoms with Crippen LogP contribution in [0.25, 0.3) is 0 Å². The Balaban J connectivity index is 1.82. The second-order valence-corrected chi connectivity index (χ2v) is 7.79. The minimum atomic E-state index is -1.46. The Morgan fingerprint density at radius 2 is 1.87 bits per heavy atom. The first-order valence-electron chi connectivity index (χ1n) is 9.40. The monoisotopic (exact) mass is 429 g/mol. The highest BCUT2D eigenvalue weighted by Gasteiger charge is 2.68. The van der Waals surface area contributed by atoms with Crippen LogP contribution in [0.4, 0.5) is 0 Å². The van der Waals surface area contributed by atoms with Gasteiger partial charge in [-0.15, -0.1) is 0 Å². The summed E-state index contributed by atoms with van der Waals surface area (Å²) in [6, 6.07) is 13.6. The van der Waals surface area contributed by atoms with Crippen LogP contribution >= 0.6 is 11.6 Å². The number of hydrogen-bond acceptors (Lipinski definition) is 7. The van der Waals surface area contributed by atoms with Crippen LogP contribution in [-0.2, 0) is 30.3 Å². The summed E-state index contributed by atoms with van der Waals surface area (Å²) in [6.45, 7) is 0. The summed E-state index contributed by atoms with van der Waals surface area (Å²) in [6.07, 6.45) is 0.157. The van der Waals surface area contributed by atoms with E-state index in [9.17, 15) is 14.4 Å². The highest BCUT2D eigenvalue weighted by Crippen LogP contribution is 2.50. The van der Waals surface area contributed by atoms with Crippen molar-refractivity contribution in [2.24, 2.45) is 11.8 Å². The Kier molecular flexibility index (Phi) is 5.26. The summed E-state index contributed by atoms with van der Waals surface area (Å²) >= 11 is 6.28. The maximum atomic E-state index is 13.0. The quantitative estimate of drug-likeness (QED) is 0.576. The maximum absolute atomic E-state index is 13.0. The third-order valence-corrected chi connectivity index (χ3v) is 6.10. The first-order chi connectivity index (χ1) is 14.4. The predicted molar refractivity (Wildman–Crippen MR) is 107 cm³/mol. The SMILES string of the molecule is COC(=O)[C@]1(Cc2ccccc2)N[C@H](c2ccc(OC)c(Cl)c2)[C@@H]2C(=O)OC(=O)[C@@H]21. The van der Waals surface area contributed by atoms with Crippen molar-refractivity contribution in [3.8, 4) is 5.75 Å². The van der Waals surface area contributed by atoms with E-state index >= 15 is 0 Å². The summed E-state index contributed by atoms with van der Waals surface area (Å²) in [4.78, 5) is 38.3. The number of cyclic esters (lactones) is 2. The van der Waals surface area contributed by atoms with E-state index in [2.05, 4.69) is 5.32 Å². The van der Waals surface area contributed by atoms with Gasteiger partial charge in [-0.05, 0) is 23.3 Å². The van der Waals surface area contributed by atoms with Gasteiger partial charge in [0.2, 0.25) is 0 Å². The van der Waals surface area contributed by atoms with Crippen LogP contribution in [0.3, 0.4) is 0 Å². The van der Waals surface area contributed by atoms with Gasteiger partial charge in [-0.25, -0.2) is 0 Å². The Morgan fingerprint density at radius 3 is 2.50 bits per heavy atom. The molecule has 2 saturated heterocycles. The van der Waals surface area contributed by atoms with Crippen molar-refractivity contribution >= 4 is 29.5 Å². The van der Waals surface area contributed by atoms with Gasteiger partial charge in [-0.3, -0.25) is 19.7 Å². The number of rotatable bonds is 5. The Labute approximate surface area is 178 Å². The van der Waals surface area contributed by atoms with E-state index in [0.717, 1.165) is 5.56 Å². The molecule has 0 aliphatic carbocycles. The molecule has 2 aromatic rings. The van der Waals surface area contributed by atoms with E-state index < -0.39 is 41.3 Å². The van der Waals surface area contributed by atoms with Gasteiger partial charge in [-0.2, -0.15) is 0 Å². The van der Waals surface area contributed by atoms with Crippen LogP contribution in [0.2, 0.25) is 5.02 Å². The zero-order valence-electron chi connectivity index (χ0n) is 16.4. The molecule has 0 radical (unpaired) electrons. The number of fused-ring (bicyclic) bond motifs is 1. The van der Waals surface area contributed by atoms with Gasteiger partial charge in [0.15, 0.2) is 0 Å². The fraction of sp³-hybridized carbons (Fsp3) is 0.318. The van der Waals surface area contributed by atoms with Gasteiger partial charge in [0.25, 0.3) is 0 Å². The molecule has 2 aliphatic rings. The van der Waals surface area contributed by atoms with Crippen molar-refractivity contribution < 1.29 is 28.6 Å². The van der Waals surface area contributed by atoms with Gasteiger partial charge in [0.05, 0.1) is 25.2 Å². The number of carbonyl (C=O) groups is 3. The lowest BCUT2D eigenvalue weighted by Gasteiger charge is -2.31. The zero-order chi connectivity index (χ0) is 21.5. The average Bonchev–Trinajstić information content (AvgIpc) is 3.25. The molecule has 7 nitrogen and oxygen atoms in total. The molecule has 0 aromatic heterocycles. The molecule has 0 spiro atoms. The molecular formula is C22H20ClNO6. The molecule has 0 bridgehead atoms. The zero-order valence-corrected chi connectivity index (χ0v) is 17.1. The molecule has 0 amide bonds. The fourth-order valence-corrected chi connectivity index (χ4v) is 4.76. The van der Waals surface area contributed by atoms with Crippen LogP contribution < -0.4 is 10.1 Å². The summed E-state index contributed by atoms with van der Waals surface area (Å²) in [5.74, 6) is -3.47. The molecule has 2 aliphatic heterocycles. The van der Waals surface area contributed by atoms with Crippen molar-refractivity contribution in [1.82, 2.24) is 5.32 Å². The van der Waals surface area contributed by atoms with Crippen molar-refractivity contribution in [3.63, 3.8) is 0 Å². The van der Waals surface area contributed by atoms with Crippen LogP contribution in [0, 0.1) is 11.8 Å². The van der Waals surface area contributed by atoms with E-state index in [-0.39, 0.29) is 6.42 Å². The normalized spacial score (nSPS) is 27.5. The van der Waals surface area contributed by atoms with Crippen LogP contribution in [-0.4, -0.2) is 37.7 Å². The van der Waals surface area contributed by atoms with Crippen LogP contribution in [0.15, 0.2) is 48.5 Å². The molecule has 8 heteroatoms. The van der Waals surface area contributed by atoms with E-state index in [4.69, 9.17) is 25.8 Å². The highest BCUT2D eigenvalue weighted by atomic mass is 35.5. The summed E-state index contributed by atoms with van der Waals surface area (Å²) in [5, 5.41) is 3.60. The topological polar surface area (TPSA) is 90.9 Å². The maximum Gasteiger partial charge on any atom is 0.327 e. The highest BCUT2D eigenvalue weighted by molar-refractivity contribution is 6.32. The number of halogens is 1. The van der Waals surface area contributed by atoms with E-state index in [1.165, 1.54) is 14.2 Å². The minimum absolute atomic E-state index is 0.157. The second-order valence-electron chi connectivity index (χ2n) is 7.38. The summed E-state index contributed by atoms with van der Waals surface area (Å²) in [7, 11) is 2.76. The molecule has 0 saturated carbocycles. The number of carbonyl (C=O) groups excluding carboxylic acids is 3. The summed E-state index contributed by atoms with van der Waals surface area (Å²) in [5.41, 5.74) is -0.00263. The first kappa shape index (κ1) is 20.4. The number of methoxy groups -OCH3 is 2. The van der Waals surface area contributed by atoms with Crippen molar-refractivity contribution in [1.29, 1.82) is 0 Å². The Hall–Kier alpha value is -2.90. The fourth-order valence-electron chi connectivity index (χ4n) is 4.49. The molecule has 30 heavy (non-hydrogen) atoms. The van der Waals surface area contributed by atoms with Crippen LogP contribution in [0.1, 0.15) is 17.2 Å². The Bertz CT molecular complexity index is 1010. The third-order valence-electron chi connectivity index (χ3n) is 5.80. The van der Waals surface area contributed by atoms with E-state index in [1.807, 2.05) is 30.3 Å². The number of nitrogens with one attached hydrogen (secondary N) is 1. The molecule has 1 N–H and O–H groups in total. The first-order valence-corrected chi connectivity index (χ1v) is 9.78. The third kappa shape index (κ3) is 3.14. The number of esters is 3. The molecule has 156 valence electrons. The van der Waals surface area contributed by atoms with E-state index in [0.29, 0.717) is 16.3 Å². The van der Waals surface area contributed by atoms with Crippen LogP contribution in [0.5, 0.6) is 5.75 Å². The average molecular weight is 430 g/mol. The second kappa shape index (κ2) is 7.74. The smallest absolute Gasteiger partial charge is 0.327 e. The minimum Gasteiger partial charge on any atom is -0.495 e. The summed E-state index contributed by atoms with van der Waals surface area (Å²) < 4.78 is 15.2. The molecule has 4 atom stereocenters. The van der Waals surface area contributed by atoms with Gasteiger partial charge in [0, 0.05) is 12.5 Å². The molecule has 0 unspecified atom stereocenters. The van der Waals surface area contributed by atoms with E-state index in [1.54, 1.807) is 18.2 Å². The van der Waals surface area contributed by atoms with Gasteiger partial charge < -0.3 is 14.2 Å². The number of hydrogen-bond donors (Lipinski definition) is 1. The van der Waals surface area contributed by atoms with Crippen molar-refractivity contribution in [2.45, 2.75) is 18.0 Å². The van der Waals surface area contributed by atoms with Gasteiger partial charge in [-0.1, -0.05) is 48.0 Å². The molecule has 2 fully saturated rings. The Morgan fingerprint density at radius 1 is 1.13 bits per heavy atom. The molecule has 2 heterocycles. The molecular weight excluding hydrogens is 410 g/mol. The lowest BCUT2D eigenvalue weighted by atomic mass is 9.76. The lowest BCUT2D eigenvalue weighted by molar-refractivity contribution is -0.160. The number of benzene rings is 2. The predicted octanol–water partition coefficient (Wildman–Crippen LogP) is 2.46. The lowest BCUT2D eigenvalue weighted by Crippen LogP contribution is -2.56. The molecule has 4 rings (SSSR count). The van der Waals surface area contributed by atoms with Crippen molar-refractivity contribution in [2.75, 3.05) is 14.2 Å². The van der Waals surface area contributed by atoms with Gasteiger partial charge >= 0.3 is 17.9 Å². The van der Waals surface area contributed by atoms with Gasteiger partial charge in [0.1, 0.15) is 17.2 Å². The molecule has 2 aromatic carbocycles. The number of ether oxygens (including phenoxy) is 3.